The number of fused-ring (bicyclic) bond motifs is 1. The number of pyridine rings is 1. The molecular formula is C16H20N4O2. The molecule has 6 heteroatoms. The second-order valence-electron chi connectivity index (χ2n) is 6.12. The maximum atomic E-state index is 11.2. The van der Waals surface area contributed by atoms with Crippen molar-refractivity contribution in [3.05, 3.63) is 24.2 Å². The molecule has 1 saturated carbocycles. The second kappa shape index (κ2) is 5.19. The second-order valence-corrected chi connectivity index (χ2v) is 6.12. The molecule has 1 atom stereocenters. The molecule has 22 heavy (non-hydrogen) atoms. The summed E-state index contributed by atoms with van der Waals surface area (Å²) in [5.74, 6) is 1.53. The third-order valence-electron chi connectivity index (χ3n) is 4.36. The molecular weight excluding hydrogens is 280 g/mol. The minimum Gasteiger partial charge on any atom is -0.489 e. The summed E-state index contributed by atoms with van der Waals surface area (Å²) in [6, 6.07) is 2.07. The molecule has 4 rings (SSSR count). The van der Waals surface area contributed by atoms with Crippen molar-refractivity contribution >= 4 is 17.2 Å². The van der Waals surface area contributed by atoms with Crippen LogP contribution in [0.2, 0.25) is 0 Å². The van der Waals surface area contributed by atoms with E-state index in [1.54, 1.807) is 0 Å². The number of anilines is 1. The SMILES string of the molecule is CNc1cn2cc(C3CC3)nc2cc1OC[C@@H]1CCC(=O)N1. The third kappa shape index (κ3) is 2.49. The topological polar surface area (TPSA) is 67.7 Å². The molecule has 3 heterocycles. The summed E-state index contributed by atoms with van der Waals surface area (Å²) in [6.07, 6.45) is 8.04. The zero-order valence-electron chi connectivity index (χ0n) is 12.6. The lowest BCUT2D eigenvalue weighted by Crippen LogP contribution is -2.31. The Kier molecular flexibility index (Phi) is 3.17. The van der Waals surface area contributed by atoms with Crippen molar-refractivity contribution in [2.75, 3.05) is 19.0 Å². The Hall–Kier alpha value is -2.24. The van der Waals surface area contributed by atoms with Gasteiger partial charge in [-0.25, -0.2) is 4.98 Å². The first-order valence-electron chi connectivity index (χ1n) is 7.85. The van der Waals surface area contributed by atoms with Crippen molar-refractivity contribution in [3.63, 3.8) is 0 Å². The van der Waals surface area contributed by atoms with Gasteiger partial charge in [0, 0.05) is 37.8 Å². The number of carbonyl (C=O) groups is 1. The summed E-state index contributed by atoms with van der Waals surface area (Å²) < 4.78 is 7.97. The van der Waals surface area contributed by atoms with Crippen LogP contribution in [0.25, 0.3) is 5.65 Å². The molecule has 6 nitrogen and oxygen atoms in total. The van der Waals surface area contributed by atoms with Gasteiger partial charge in [0.05, 0.1) is 17.4 Å². The number of carbonyl (C=O) groups excluding carboxylic acids is 1. The highest BCUT2D eigenvalue weighted by Gasteiger charge is 2.26. The van der Waals surface area contributed by atoms with Crippen LogP contribution in [0.4, 0.5) is 5.69 Å². The Morgan fingerprint density at radius 1 is 1.41 bits per heavy atom. The first kappa shape index (κ1) is 13.4. The maximum Gasteiger partial charge on any atom is 0.220 e. The van der Waals surface area contributed by atoms with Gasteiger partial charge < -0.3 is 19.8 Å². The lowest BCUT2D eigenvalue weighted by molar-refractivity contribution is -0.119. The number of hydrogen-bond acceptors (Lipinski definition) is 4. The largest absolute Gasteiger partial charge is 0.489 e. The maximum absolute atomic E-state index is 11.2. The van der Waals surface area contributed by atoms with Crippen LogP contribution in [0.15, 0.2) is 18.5 Å². The smallest absolute Gasteiger partial charge is 0.220 e. The number of imidazole rings is 1. The molecule has 0 radical (unpaired) electrons. The predicted octanol–water partition coefficient (Wildman–Crippen LogP) is 1.91. The molecule has 2 N–H and O–H groups in total. The van der Waals surface area contributed by atoms with E-state index in [2.05, 4.69) is 21.8 Å². The van der Waals surface area contributed by atoms with E-state index in [1.165, 1.54) is 18.5 Å². The minimum atomic E-state index is 0.107. The zero-order valence-corrected chi connectivity index (χ0v) is 12.6. The van der Waals surface area contributed by atoms with E-state index >= 15 is 0 Å². The van der Waals surface area contributed by atoms with Crippen LogP contribution in [0.5, 0.6) is 5.75 Å². The summed E-state index contributed by atoms with van der Waals surface area (Å²) in [4.78, 5) is 15.9. The van der Waals surface area contributed by atoms with Gasteiger partial charge in [0.25, 0.3) is 0 Å². The molecule has 1 saturated heterocycles. The fraction of sp³-hybridized carbons (Fsp3) is 0.500. The van der Waals surface area contributed by atoms with Gasteiger partial charge in [-0.1, -0.05) is 0 Å². The molecule has 0 aromatic carbocycles. The van der Waals surface area contributed by atoms with E-state index in [9.17, 15) is 4.79 Å². The van der Waals surface area contributed by atoms with Crippen molar-refractivity contribution in [3.8, 4) is 5.75 Å². The van der Waals surface area contributed by atoms with Crippen LogP contribution in [0.1, 0.15) is 37.3 Å². The van der Waals surface area contributed by atoms with Crippen LogP contribution < -0.4 is 15.4 Å². The van der Waals surface area contributed by atoms with Gasteiger partial charge >= 0.3 is 0 Å². The molecule has 1 aliphatic heterocycles. The standard InChI is InChI=1S/C16H20N4O2/c1-17-13-8-20-7-12(10-2-3-10)19-15(20)6-14(13)22-9-11-4-5-16(21)18-11/h6-8,10-11,17H,2-5,9H2,1H3,(H,18,21)/t11-/m0/s1. The average Bonchev–Trinajstić information content (AvgIpc) is 3.16. The number of nitrogens with one attached hydrogen (secondary N) is 2. The fourth-order valence-corrected chi connectivity index (χ4v) is 2.91. The molecule has 0 spiro atoms. The van der Waals surface area contributed by atoms with Gasteiger partial charge in [0.15, 0.2) is 0 Å². The Bertz CT molecular complexity index is 720. The lowest BCUT2D eigenvalue weighted by atomic mass is 10.2. The summed E-state index contributed by atoms with van der Waals surface area (Å²) in [5, 5.41) is 6.09. The Labute approximate surface area is 128 Å². The Morgan fingerprint density at radius 2 is 2.27 bits per heavy atom. The molecule has 1 aliphatic carbocycles. The van der Waals surface area contributed by atoms with Crippen LogP contribution in [-0.2, 0) is 4.79 Å². The van der Waals surface area contributed by atoms with Crippen molar-refractivity contribution in [2.24, 2.45) is 0 Å². The van der Waals surface area contributed by atoms with Gasteiger partial charge in [0.1, 0.15) is 18.0 Å². The van der Waals surface area contributed by atoms with Crippen LogP contribution in [0.3, 0.4) is 0 Å². The molecule has 0 unspecified atom stereocenters. The number of amides is 1. The van der Waals surface area contributed by atoms with Gasteiger partial charge in [-0.2, -0.15) is 0 Å². The third-order valence-corrected chi connectivity index (χ3v) is 4.36. The molecule has 2 aliphatic rings. The number of hydrogen-bond donors (Lipinski definition) is 2. The van der Waals surface area contributed by atoms with Crippen LogP contribution >= 0.6 is 0 Å². The molecule has 116 valence electrons. The normalized spacial score (nSPS) is 21.1. The monoisotopic (exact) mass is 300 g/mol. The summed E-state index contributed by atoms with van der Waals surface area (Å²) in [5.41, 5.74) is 3.00. The highest BCUT2D eigenvalue weighted by Crippen LogP contribution is 2.40. The fourth-order valence-electron chi connectivity index (χ4n) is 2.91. The van der Waals surface area contributed by atoms with E-state index in [-0.39, 0.29) is 11.9 Å². The van der Waals surface area contributed by atoms with Crippen LogP contribution in [-0.4, -0.2) is 35.0 Å². The lowest BCUT2D eigenvalue weighted by Gasteiger charge is -2.15. The average molecular weight is 300 g/mol. The Morgan fingerprint density at radius 3 is 2.95 bits per heavy atom. The quantitative estimate of drug-likeness (QED) is 0.885. The van der Waals surface area contributed by atoms with Gasteiger partial charge in [-0.3, -0.25) is 4.79 Å². The number of ether oxygens (including phenoxy) is 1. The zero-order chi connectivity index (χ0) is 15.1. The first-order chi connectivity index (χ1) is 10.7. The van der Waals surface area contributed by atoms with Gasteiger partial charge in [-0.05, 0) is 19.3 Å². The van der Waals surface area contributed by atoms with Crippen molar-refractivity contribution in [1.82, 2.24) is 14.7 Å². The van der Waals surface area contributed by atoms with Crippen molar-refractivity contribution < 1.29 is 9.53 Å². The summed E-state index contributed by atoms with van der Waals surface area (Å²) in [6.45, 7) is 0.493. The van der Waals surface area contributed by atoms with E-state index in [4.69, 9.17) is 4.74 Å². The molecule has 0 bridgehead atoms. The molecule has 2 aromatic rings. The molecule has 2 aromatic heterocycles. The number of nitrogens with zero attached hydrogens (tertiary/aromatic N) is 2. The van der Waals surface area contributed by atoms with Crippen molar-refractivity contribution in [2.45, 2.75) is 37.6 Å². The number of aromatic nitrogens is 2. The Balaban J connectivity index is 1.56. The van der Waals surface area contributed by atoms with E-state index in [0.717, 1.165) is 23.5 Å². The predicted molar refractivity (Wildman–Crippen MR) is 83.4 cm³/mol. The van der Waals surface area contributed by atoms with E-state index in [1.807, 2.05) is 23.7 Å². The highest BCUT2D eigenvalue weighted by molar-refractivity contribution is 5.78. The molecule has 2 fully saturated rings. The summed E-state index contributed by atoms with van der Waals surface area (Å²) in [7, 11) is 1.88. The minimum absolute atomic E-state index is 0.107. The van der Waals surface area contributed by atoms with E-state index < -0.39 is 0 Å². The summed E-state index contributed by atoms with van der Waals surface area (Å²) >= 11 is 0. The highest BCUT2D eigenvalue weighted by atomic mass is 16.5. The van der Waals surface area contributed by atoms with Crippen LogP contribution in [0, 0.1) is 0 Å². The van der Waals surface area contributed by atoms with Crippen molar-refractivity contribution in [1.29, 1.82) is 0 Å². The van der Waals surface area contributed by atoms with Gasteiger partial charge in [-0.15, -0.1) is 0 Å². The van der Waals surface area contributed by atoms with E-state index in [0.29, 0.717) is 18.9 Å². The number of rotatable bonds is 5. The first-order valence-corrected chi connectivity index (χ1v) is 7.85. The molecule has 1 amide bonds. The van der Waals surface area contributed by atoms with Gasteiger partial charge in [0.2, 0.25) is 5.91 Å².